The van der Waals surface area contributed by atoms with Gasteiger partial charge >= 0.3 is 0 Å². The average molecular weight is 757 g/mol. The highest BCUT2D eigenvalue weighted by Crippen LogP contribution is 2.40. The number of aromatic hydroxyl groups is 4. The van der Waals surface area contributed by atoms with E-state index >= 15 is 0 Å². The van der Waals surface area contributed by atoms with Crippen LogP contribution in [-0.2, 0) is 23.7 Å². The second-order valence-electron chi connectivity index (χ2n) is 13.1. The molecule has 292 valence electrons. The lowest BCUT2D eigenvalue weighted by atomic mass is 9.97. The summed E-state index contributed by atoms with van der Waals surface area (Å²) in [5.41, 5.74) is -1.54. The second-order valence-corrected chi connectivity index (χ2v) is 13.1. The molecular weight excluding hydrogens is 716 g/mol. The van der Waals surface area contributed by atoms with Gasteiger partial charge in [-0.05, 0) is 32.0 Å². The number of phenolic OH excluding ortho intramolecular Hbond substituents is 4. The minimum absolute atomic E-state index is 0.0962. The Bertz CT molecular complexity index is 1830. The molecule has 12 N–H and O–H groups in total. The molecule has 3 aromatic rings. The van der Waals surface area contributed by atoms with Crippen LogP contribution in [0.25, 0.3) is 22.3 Å². The third-order valence-corrected chi connectivity index (χ3v) is 9.37. The first-order valence-corrected chi connectivity index (χ1v) is 16.4. The van der Waals surface area contributed by atoms with E-state index in [2.05, 4.69) is 0 Å². The Kier molecular flexibility index (Phi) is 11.1. The molecule has 20 nitrogen and oxygen atoms in total. The molecule has 6 rings (SSSR count). The number of hydrogen-bond acceptors (Lipinski definition) is 20. The predicted molar refractivity (Wildman–Crippen MR) is 171 cm³/mol. The fourth-order valence-corrected chi connectivity index (χ4v) is 6.25. The summed E-state index contributed by atoms with van der Waals surface area (Å²) in [4.78, 5) is 14.0. The van der Waals surface area contributed by atoms with Crippen molar-refractivity contribution in [1.82, 2.24) is 0 Å². The van der Waals surface area contributed by atoms with E-state index in [1.807, 2.05) is 0 Å². The van der Waals surface area contributed by atoms with Crippen molar-refractivity contribution < 1.29 is 94.1 Å². The Balaban J connectivity index is 1.40. The lowest BCUT2D eigenvalue weighted by molar-refractivity contribution is -0.360. The van der Waals surface area contributed by atoms with Crippen molar-refractivity contribution in [3.05, 3.63) is 40.6 Å². The Labute approximate surface area is 298 Å². The molecule has 53 heavy (non-hydrogen) atoms. The van der Waals surface area contributed by atoms with Gasteiger partial charge in [-0.2, -0.15) is 0 Å². The average Bonchev–Trinajstić information content (AvgIpc) is 3.11. The zero-order valence-electron chi connectivity index (χ0n) is 27.9. The molecule has 0 bridgehead atoms. The van der Waals surface area contributed by atoms with Crippen LogP contribution in [0.4, 0.5) is 0 Å². The number of ether oxygens (including phenoxy) is 6. The third-order valence-electron chi connectivity index (χ3n) is 9.37. The van der Waals surface area contributed by atoms with E-state index in [1.54, 1.807) is 0 Å². The van der Waals surface area contributed by atoms with Gasteiger partial charge in [0.15, 0.2) is 35.9 Å². The molecule has 0 spiro atoms. The monoisotopic (exact) mass is 756 g/mol. The Morgan fingerprint density at radius 1 is 0.642 bits per heavy atom. The van der Waals surface area contributed by atoms with Crippen LogP contribution < -0.4 is 10.2 Å². The summed E-state index contributed by atoms with van der Waals surface area (Å²) in [5.74, 6) is -3.68. The minimum atomic E-state index is -2.04. The quantitative estimate of drug-likeness (QED) is 0.103. The molecule has 0 radical (unpaired) electrons. The van der Waals surface area contributed by atoms with Gasteiger partial charge in [-0.25, -0.2) is 0 Å². The van der Waals surface area contributed by atoms with Crippen molar-refractivity contribution in [2.75, 3.05) is 6.61 Å². The van der Waals surface area contributed by atoms with E-state index in [0.717, 1.165) is 24.3 Å². The van der Waals surface area contributed by atoms with E-state index in [0.29, 0.717) is 0 Å². The summed E-state index contributed by atoms with van der Waals surface area (Å²) in [6.07, 6.45) is -25.1. The number of aliphatic hydroxyl groups is 8. The topological polar surface area (TPSA) is 328 Å². The molecule has 0 saturated carbocycles. The molecule has 3 saturated heterocycles. The highest BCUT2D eigenvalue weighted by molar-refractivity contribution is 5.88. The van der Waals surface area contributed by atoms with E-state index < -0.39 is 144 Å². The van der Waals surface area contributed by atoms with Gasteiger partial charge in [0.1, 0.15) is 77.4 Å². The Hall–Kier alpha value is -3.87. The van der Waals surface area contributed by atoms with Gasteiger partial charge in [0.25, 0.3) is 0 Å². The lowest BCUT2D eigenvalue weighted by Gasteiger charge is -2.46. The number of fused-ring (bicyclic) bond motifs is 1. The first kappa shape index (κ1) is 38.8. The van der Waals surface area contributed by atoms with Crippen LogP contribution in [0.1, 0.15) is 13.8 Å². The fourth-order valence-electron chi connectivity index (χ4n) is 6.25. The fraction of sp³-hybridized carbons (Fsp3) is 0.545. The van der Waals surface area contributed by atoms with E-state index in [1.165, 1.54) is 19.9 Å². The van der Waals surface area contributed by atoms with Crippen molar-refractivity contribution in [3.63, 3.8) is 0 Å². The summed E-state index contributed by atoms with van der Waals surface area (Å²) in [7, 11) is 0. The molecule has 3 aliphatic heterocycles. The molecule has 0 unspecified atom stereocenters. The largest absolute Gasteiger partial charge is 0.508 e. The van der Waals surface area contributed by atoms with Crippen LogP contribution in [-0.4, -0.2) is 160 Å². The molecule has 4 heterocycles. The van der Waals surface area contributed by atoms with Crippen molar-refractivity contribution in [2.24, 2.45) is 0 Å². The van der Waals surface area contributed by atoms with E-state index in [-0.39, 0.29) is 11.1 Å². The van der Waals surface area contributed by atoms with Gasteiger partial charge in [-0.15, -0.1) is 0 Å². The summed E-state index contributed by atoms with van der Waals surface area (Å²) < 4.78 is 40.1. The summed E-state index contributed by atoms with van der Waals surface area (Å²) in [6.45, 7) is 2.05. The van der Waals surface area contributed by atoms with Crippen molar-refractivity contribution in [3.8, 4) is 40.1 Å². The van der Waals surface area contributed by atoms with Crippen molar-refractivity contribution in [1.29, 1.82) is 0 Å². The smallest absolute Gasteiger partial charge is 0.239 e. The molecule has 15 atom stereocenters. The summed E-state index contributed by atoms with van der Waals surface area (Å²) >= 11 is 0. The van der Waals surface area contributed by atoms with Crippen LogP contribution in [0.3, 0.4) is 0 Å². The molecule has 3 aliphatic rings. The van der Waals surface area contributed by atoms with Crippen LogP contribution in [0, 0.1) is 0 Å². The van der Waals surface area contributed by atoms with Gasteiger partial charge in [-0.1, -0.05) is 0 Å². The van der Waals surface area contributed by atoms with E-state index in [9.17, 15) is 66.1 Å². The molecule has 0 aliphatic carbocycles. The van der Waals surface area contributed by atoms with Gasteiger partial charge in [0.05, 0.1) is 18.8 Å². The van der Waals surface area contributed by atoms with Crippen LogP contribution in [0.15, 0.2) is 39.5 Å². The van der Waals surface area contributed by atoms with Gasteiger partial charge in [-0.3, -0.25) is 4.79 Å². The highest BCUT2D eigenvalue weighted by atomic mass is 16.8. The first-order valence-electron chi connectivity index (χ1n) is 16.4. The summed E-state index contributed by atoms with van der Waals surface area (Å²) in [6, 6.07) is 5.09. The van der Waals surface area contributed by atoms with Gasteiger partial charge < -0.3 is 94.1 Å². The maximum absolute atomic E-state index is 14.0. The second kappa shape index (κ2) is 15.1. The molecular formula is C33H40O20. The Morgan fingerprint density at radius 2 is 1.26 bits per heavy atom. The Morgan fingerprint density at radius 3 is 1.91 bits per heavy atom. The number of aliphatic hydroxyl groups excluding tert-OH is 8. The predicted octanol–water partition coefficient (Wildman–Crippen LogP) is -2.84. The number of phenols is 4. The van der Waals surface area contributed by atoms with Crippen molar-refractivity contribution in [2.45, 2.75) is 106 Å². The molecule has 20 heteroatoms. The lowest BCUT2D eigenvalue weighted by Crippen LogP contribution is -2.65. The van der Waals surface area contributed by atoms with Gasteiger partial charge in [0, 0.05) is 17.7 Å². The molecule has 3 fully saturated rings. The molecule has 1 aromatic heterocycles. The van der Waals surface area contributed by atoms with E-state index in [4.69, 9.17) is 32.8 Å². The minimum Gasteiger partial charge on any atom is -0.508 e. The van der Waals surface area contributed by atoms with Crippen LogP contribution in [0.5, 0.6) is 28.7 Å². The van der Waals surface area contributed by atoms with Crippen molar-refractivity contribution >= 4 is 11.0 Å². The van der Waals surface area contributed by atoms with Crippen LogP contribution >= 0.6 is 0 Å². The number of hydrogen-bond donors (Lipinski definition) is 12. The standard InChI is InChI=1S/C33H40O20/c1-9-19(38)23(42)26(45)31(48-9)47-8-17-21(40)25(44)30(53-32-27(46)24(43)20(39)10(2)49-32)33(51-17)52-29-22(41)18-15(37)6-12(34)7-16(18)50-28(29)11-3-4-13(35)14(36)5-11/h3-7,9-10,17,19-21,23-27,30-40,42-46H,8H2,1-2H3/t9-,10-,17-,19-,20-,21+,23+,24+,25+,26+,27+,30-,31+,32-,33+/m0/s1. The normalized spacial score (nSPS) is 37.8. The third kappa shape index (κ3) is 7.34. The van der Waals surface area contributed by atoms with Gasteiger partial charge in [0.2, 0.25) is 17.5 Å². The zero-order valence-corrected chi connectivity index (χ0v) is 27.9. The maximum Gasteiger partial charge on any atom is 0.239 e. The SMILES string of the molecule is C[C@@H]1O[C@@H](OC[C@@H]2O[C@H](Oc3c(-c4ccc(O)c(O)c4)oc4cc(O)cc(O)c4c3=O)[C@@H](O[C@@H]3O[C@@H](C)[C@H](O)[C@@H](O)[C@H]3O)[C@H](O)[C@@H]2O)[C@H](O)[C@H](O)[C@H]1O. The zero-order chi connectivity index (χ0) is 38.6. The molecule has 2 aromatic carbocycles. The number of benzene rings is 2. The highest BCUT2D eigenvalue weighted by Gasteiger charge is 2.52. The summed E-state index contributed by atoms with van der Waals surface area (Å²) in [5, 5.41) is 125. The maximum atomic E-state index is 14.0. The number of rotatable bonds is 8. The molecule has 0 amide bonds. The first-order chi connectivity index (χ1) is 25.0. The van der Waals surface area contributed by atoms with Crippen LogP contribution in [0.2, 0.25) is 0 Å².